The van der Waals surface area contributed by atoms with Gasteiger partial charge in [-0.1, -0.05) is 6.07 Å². The van der Waals surface area contributed by atoms with Crippen LogP contribution in [0.1, 0.15) is 71.4 Å². The smallest absolute Gasteiger partial charge is 0.275 e. The number of piperidine rings is 1. The molecule has 3 saturated heterocycles. The maximum Gasteiger partial charge on any atom is 0.275 e. The predicted octanol–water partition coefficient (Wildman–Crippen LogP) is 3.51. The summed E-state index contributed by atoms with van der Waals surface area (Å²) < 4.78 is 10.9. The zero-order valence-corrected chi connectivity index (χ0v) is 24.8. The van der Waals surface area contributed by atoms with Crippen LogP contribution in [0.5, 0.6) is 0 Å². The van der Waals surface area contributed by atoms with Crippen molar-refractivity contribution < 1.29 is 24.2 Å². The second-order valence-corrected chi connectivity index (χ2v) is 12.2. The van der Waals surface area contributed by atoms with Crippen LogP contribution in [0.15, 0.2) is 23.6 Å². The number of ether oxygens (including phenoxy) is 2. The molecule has 10 nitrogen and oxygen atoms in total. The number of aliphatic hydroxyl groups is 1. The number of amides is 2. The molecule has 4 heterocycles. The third kappa shape index (κ3) is 7.84. The molecule has 1 atom stereocenters. The van der Waals surface area contributed by atoms with Gasteiger partial charge in [0, 0.05) is 64.0 Å². The van der Waals surface area contributed by atoms with Crippen molar-refractivity contribution in [1.29, 1.82) is 0 Å². The number of hydrogen-bond donors (Lipinski definition) is 3. The van der Waals surface area contributed by atoms with Crippen molar-refractivity contribution in [2.75, 3.05) is 63.4 Å². The number of aromatic nitrogens is 1. The fraction of sp³-hybridized carbons (Fsp3) is 0.633. The number of hydrogen-bond acceptors (Lipinski definition) is 9. The first-order valence-corrected chi connectivity index (χ1v) is 15.8. The zero-order valence-electron chi connectivity index (χ0n) is 24.0. The quantitative estimate of drug-likeness (QED) is 0.367. The summed E-state index contributed by atoms with van der Waals surface area (Å²) >= 11 is 1.47. The highest BCUT2D eigenvalue weighted by Gasteiger charge is 2.27. The SMILES string of the molecule is COC[C@H]1CCCN1Cc1ccc(NC(=O)c2csc(N3CCC(CCO)CC3)n2)c(C(=O)NC2CCOCC2)c1. The Balaban J connectivity index is 1.29. The summed E-state index contributed by atoms with van der Waals surface area (Å²) in [5, 5.41) is 18.0. The van der Waals surface area contributed by atoms with E-state index in [4.69, 9.17) is 9.47 Å². The zero-order chi connectivity index (χ0) is 28.6. The van der Waals surface area contributed by atoms with Crippen molar-refractivity contribution in [2.45, 2.75) is 63.6 Å². The number of anilines is 2. The number of thiazole rings is 1. The summed E-state index contributed by atoms with van der Waals surface area (Å²) in [7, 11) is 1.74. The predicted molar refractivity (Wildman–Crippen MR) is 160 cm³/mol. The average Bonchev–Trinajstić information content (AvgIpc) is 3.65. The molecule has 2 aromatic rings. The lowest BCUT2D eigenvalue weighted by molar-refractivity contribution is 0.0696. The third-order valence-corrected chi connectivity index (χ3v) is 9.43. The lowest BCUT2D eigenvalue weighted by atomic mass is 9.94. The highest BCUT2D eigenvalue weighted by atomic mass is 32.1. The standard InChI is InChI=1S/C30H43N5O5S/c1-39-19-24-3-2-11-35(24)18-22-4-5-26(25(17-22)28(37)31-23-9-15-40-16-10-23)32-29(38)27-20-41-30(33-27)34-12-6-21(7-13-34)8-14-36/h4-5,17,20-21,23-24,36H,2-3,6-16,18-19H2,1H3,(H,31,37)(H,32,38)/t24-/m1/s1. The van der Waals surface area contributed by atoms with Gasteiger partial charge in [0.25, 0.3) is 11.8 Å². The minimum atomic E-state index is -0.324. The van der Waals surface area contributed by atoms with Crippen LogP contribution in [-0.2, 0) is 16.0 Å². The lowest BCUT2D eigenvalue weighted by Gasteiger charge is -2.31. The minimum absolute atomic E-state index is 0.0516. The van der Waals surface area contributed by atoms with E-state index in [0.29, 0.717) is 48.7 Å². The molecule has 0 radical (unpaired) electrons. The Bertz CT molecular complexity index is 1160. The van der Waals surface area contributed by atoms with E-state index in [-0.39, 0.29) is 24.5 Å². The molecule has 0 spiro atoms. The van der Waals surface area contributed by atoms with Crippen molar-refractivity contribution in [3.8, 4) is 0 Å². The van der Waals surface area contributed by atoms with Gasteiger partial charge in [-0.2, -0.15) is 0 Å². The molecule has 0 aliphatic carbocycles. The summed E-state index contributed by atoms with van der Waals surface area (Å²) in [6.45, 7) is 5.67. The first-order valence-electron chi connectivity index (χ1n) is 14.9. The maximum atomic E-state index is 13.5. The Labute approximate surface area is 246 Å². The number of carbonyl (C=O) groups is 2. The van der Waals surface area contributed by atoms with Crippen LogP contribution in [0.4, 0.5) is 10.8 Å². The van der Waals surface area contributed by atoms with Gasteiger partial charge in [-0.3, -0.25) is 14.5 Å². The molecule has 0 unspecified atom stereocenters. The maximum absolute atomic E-state index is 13.5. The van der Waals surface area contributed by atoms with E-state index in [9.17, 15) is 14.7 Å². The number of nitrogens with one attached hydrogen (secondary N) is 2. The number of methoxy groups -OCH3 is 1. The number of benzene rings is 1. The van der Waals surface area contributed by atoms with E-state index in [1.807, 2.05) is 18.2 Å². The fourth-order valence-electron chi connectivity index (χ4n) is 6.11. The molecule has 5 rings (SSSR count). The second kappa shape index (κ2) is 14.6. The molecule has 3 aliphatic heterocycles. The normalized spacial score (nSPS) is 20.8. The molecule has 3 aliphatic rings. The van der Waals surface area contributed by atoms with Gasteiger partial charge < -0.3 is 30.1 Å². The van der Waals surface area contributed by atoms with Gasteiger partial charge in [0.1, 0.15) is 5.69 Å². The van der Waals surface area contributed by atoms with Gasteiger partial charge in [0.05, 0.1) is 17.9 Å². The Morgan fingerprint density at radius 1 is 1.12 bits per heavy atom. The molecule has 224 valence electrons. The van der Waals surface area contributed by atoms with E-state index in [0.717, 1.165) is 81.8 Å². The molecule has 41 heavy (non-hydrogen) atoms. The Morgan fingerprint density at radius 3 is 2.68 bits per heavy atom. The second-order valence-electron chi connectivity index (χ2n) is 11.4. The molecule has 1 aromatic heterocycles. The molecular formula is C30H43N5O5S. The molecular weight excluding hydrogens is 542 g/mol. The summed E-state index contributed by atoms with van der Waals surface area (Å²) in [6.07, 6.45) is 6.67. The molecule has 3 fully saturated rings. The van der Waals surface area contributed by atoms with E-state index in [1.54, 1.807) is 12.5 Å². The average molecular weight is 586 g/mol. The minimum Gasteiger partial charge on any atom is -0.396 e. The van der Waals surface area contributed by atoms with Gasteiger partial charge >= 0.3 is 0 Å². The molecule has 3 N–H and O–H groups in total. The number of likely N-dealkylation sites (tertiary alicyclic amines) is 1. The lowest BCUT2D eigenvalue weighted by Crippen LogP contribution is -2.39. The van der Waals surface area contributed by atoms with Gasteiger partial charge in [-0.15, -0.1) is 11.3 Å². The first kappa shape index (κ1) is 29.9. The van der Waals surface area contributed by atoms with E-state index in [1.165, 1.54) is 11.3 Å². The number of nitrogens with zero attached hydrogens (tertiary/aromatic N) is 3. The van der Waals surface area contributed by atoms with Gasteiger partial charge in [0.2, 0.25) is 0 Å². The molecule has 1 aromatic carbocycles. The monoisotopic (exact) mass is 585 g/mol. The Morgan fingerprint density at radius 2 is 1.93 bits per heavy atom. The van der Waals surface area contributed by atoms with Gasteiger partial charge in [-0.25, -0.2) is 4.98 Å². The van der Waals surface area contributed by atoms with Crippen molar-refractivity contribution in [2.24, 2.45) is 5.92 Å². The van der Waals surface area contributed by atoms with Crippen LogP contribution in [0.3, 0.4) is 0 Å². The van der Waals surface area contributed by atoms with Crippen molar-refractivity contribution in [3.05, 3.63) is 40.4 Å². The first-order chi connectivity index (χ1) is 20.0. The van der Waals surface area contributed by atoms with Crippen molar-refractivity contribution in [1.82, 2.24) is 15.2 Å². The number of aliphatic hydroxyl groups excluding tert-OH is 1. The molecule has 11 heteroatoms. The highest BCUT2D eigenvalue weighted by Crippen LogP contribution is 2.29. The van der Waals surface area contributed by atoms with Crippen LogP contribution in [0, 0.1) is 5.92 Å². The Kier molecular flexibility index (Phi) is 10.6. The summed E-state index contributed by atoms with van der Waals surface area (Å²) in [5.74, 6) is 0.0350. The van der Waals surface area contributed by atoms with E-state index >= 15 is 0 Å². The molecule has 0 saturated carbocycles. The van der Waals surface area contributed by atoms with E-state index < -0.39 is 0 Å². The fourth-order valence-corrected chi connectivity index (χ4v) is 6.97. The van der Waals surface area contributed by atoms with Crippen LogP contribution < -0.4 is 15.5 Å². The van der Waals surface area contributed by atoms with Crippen LogP contribution in [-0.4, -0.2) is 92.1 Å². The van der Waals surface area contributed by atoms with Crippen LogP contribution in [0.25, 0.3) is 0 Å². The summed E-state index contributed by atoms with van der Waals surface area (Å²) in [6, 6.07) is 6.17. The summed E-state index contributed by atoms with van der Waals surface area (Å²) in [5.41, 5.74) is 2.33. The Hall–Kier alpha value is -2.57. The van der Waals surface area contributed by atoms with Crippen molar-refractivity contribution in [3.63, 3.8) is 0 Å². The van der Waals surface area contributed by atoms with Crippen molar-refractivity contribution >= 4 is 34.0 Å². The van der Waals surface area contributed by atoms with Gasteiger partial charge in [0.15, 0.2) is 5.13 Å². The number of rotatable bonds is 11. The van der Waals surface area contributed by atoms with Crippen LogP contribution >= 0.6 is 11.3 Å². The highest BCUT2D eigenvalue weighted by molar-refractivity contribution is 7.14. The van der Waals surface area contributed by atoms with E-state index in [2.05, 4.69) is 25.4 Å². The topological polar surface area (TPSA) is 116 Å². The van der Waals surface area contributed by atoms with Gasteiger partial charge in [-0.05, 0) is 75.1 Å². The third-order valence-electron chi connectivity index (χ3n) is 8.52. The largest absolute Gasteiger partial charge is 0.396 e. The molecule has 2 amide bonds. The van der Waals surface area contributed by atoms with Crippen LogP contribution in [0.2, 0.25) is 0 Å². The summed E-state index contributed by atoms with van der Waals surface area (Å²) in [4.78, 5) is 36.1. The molecule has 0 bridgehead atoms. The number of carbonyl (C=O) groups excluding carboxylic acids is 2.